The molecule has 0 atom stereocenters. The van der Waals surface area contributed by atoms with Gasteiger partial charge in [-0.15, -0.1) is 12.4 Å². The van der Waals surface area contributed by atoms with Crippen molar-refractivity contribution in [1.82, 2.24) is 19.6 Å². The molecule has 9 heteroatoms. The summed E-state index contributed by atoms with van der Waals surface area (Å²) in [6.45, 7) is -2.01. The fourth-order valence-electron chi connectivity index (χ4n) is 1.53. The van der Waals surface area contributed by atoms with Crippen molar-refractivity contribution in [3.8, 4) is 0 Å². The molecule has 0 saturated heterocycles. The number of aliphatic hydroxyl groups is 1. The molecule has 19 heavy (non-hydrogen) atoms. The number of nitrogens with one attached hydrogen (secondary N) is 1. The zero-order chi connectivity index (χ0) is 13.0. The van der Waals surface area contributed by atoms with Gasteiger partial charge in [-0.1, -0.05) is 0 Å². The molecule has 0 amide bonds. The van der Waals surface area contributed by atoms with Gasteiger partial charge in [0.15, 0.2) is 0 Å². The molecule has 0 fully saturated rings. The number of hydrogen-bond acceptors (Lipinski definition) is 4. The van der Waals surface area contributed by atoms with Gasteiger partial charge in [0.1, 0.15) is 0 Å². The Balaban J connectivity index is 0.00000180. The maximum Gasteiger partial charge on any atom is 0.333 e. The predicted molar refractivity (Wildman–Crippen MR) is 67.4 cm³/mol. The monoisotopic (exact) mass is 293 g/mol. The number of aromatic nitrogens is 4. The number of alkyl halides is 2. The van der Waals surface area contributed by atoms with Gasteiger partial charge in [-0.2, -0.15) is 19.0 Å². The van der Waals surface area contributed by atoms with Crippen LogP contribution < -0.4 is 5.32 Å². The average Bonchev–Trinajstić information content (AvgIpc) is 2.95. The van der Waals surface area contributed by atoms with Gasteiger partial charge in [0.2, 0.25) is 0 Å². The lowest BCUT2D eigenvalue weighted by Crippen LogP contribution is -2.09. The molecule has 0 aliphatic rings. The van der Waals surface area contributed by atoms with Crippen LogP contribution >= 0.6 is 12.4 Å². The normalized spacial score (nSPS) is 10.5. The van der Waals surface area contributed by atoms with Crippen molar-refractivity contribution in [3.05, 3.63) is 30.4 Å². The zero-order valence-electron chi connectivity index (χ0n) is 9.91. The fourth-order valence-corrected chi connectivity index (χ4v) is 1.53. The van der Waals surface area contributed by atoms with Gasteiger partial charge in [0, 0.05) is 12.4 Å². The Hall–Kier alpha value is -1.67. The summed E-state index contributed by atoms with van der Waals surface area (Å²) in [7, 11) is 0. The Labute approximate surface area is 114 Å². The van der Waals surface area contributed by atoms with E-state index in [9.17, 15) is 8.78 Å². The van der Waals surface area contributed by atoms with Crippen LogP contribution in [0.2, 0.25) is 0 Å². The molecule has 106 valence electrons. The summed E-state index contributed by atoms with van der Waals surface area (Å²) >= 11 is 0. The molecule has 2 rings (SSSR count). The molecule has 6 nitrogen and oxygen atoms in total. The Morgan fingerprint density at radius 3 is 2.84 bits per heavy atom. The second-order valence-electron chi connectivity index (χ2n) is 3.61. The molecule has 2 aromatic rings. The smallest absolute Gasteiger partial charge is 0.333 e. The van der Waals surface area contributed by atoms with Crippen molar-refractivity contribution in [2.45, 2.75) is 19.6 Å². The molecule has 0 spiro atoms. The van der Waals surface area contributed by atoms with E-state index in [0.29, 0.717) is 22.6 Å². The van der Waals surface area contributed by atoms with E-state index in [4.69, 9.17) is 5.11 Å². The second-order valence-corrected chi connectivity index (χ2v) is 3.61. The van der Waals surface area contributed by atoms with Crippen molar-refractivity contribution in [1.29, 1.82) is 0 Å². The summed E-state index contributed by atoms with van der Waals surface area (Å²) < 4.78 is 27.3. The Kier molecular flexibility index (Phi) is 5.71. The number of rotatable bonds is 6. The van der Waals surface area contributed by atoms with E-state index in [-0.39, 0.29) is 25.6 Å². The summed E-state index contributed by atoms with van der Waals surface area (Å²) in [5.41, 5.74) is 1.09. The highest BCUT2D eigenvalue weighted by Crippen LogP contribution is 2.13. The highest BCUT2D eigenvalue weighted by Gasteiger charge is 2.11. The van der Waals surface area contributed by atoms with Gasteiger partial charge < -0.3 is 10.4 Å². The molecule has 0 radical (unpaired) electrons. The van der Waals surface area contributed by atoms with Crippen LogP contribution in [0.25, 0.3) is 0 Å². The molecular formula is C10H14ClF2N5O. The average molecular weight is 294 g/mol. The summed E-state index contributed by atoms with van der Waals surface area (Å²) in [4.78, 5) is 0. The molecule has 0 bridgehead atoms. The van der Waals surface area contributed by atoms with E-state index in [1.54, 1.807) is 17.1 Å². The van der Waals surface area contributed by atoms with Gasteiger partial charge in [-0.25, -0.2) is 4.68 Å². The van der Waals surface area contributed by atoms with Crippen LogP contribution in [0.5, 0.6) is 0 Å². The summed E-state index contributed by atoms with van der Waals surface area (Å²) in [6, 6.07) is 1.53. The number of nitrogens with zero attached hydrogens (tertiary/aromatic N) is 4. The fraction of sp³-hybridized carbons (Fsp3) is 0.400. The van der Waals surface area contributed by atoms with E-state index < -0.39 is 6.55 Å². The minimum Gasteiger partial charge on any atom is -0.394 e. The van der Waals surface area contributed by atoms with Crippen LogP contribution in [0, 0.1) is 0 Å². The van der Waals surface area contributed by atoms with Crippen LogP contribution in [-0.2, 0) is 13.1 Å². The number of halogens is 3. The van der Waals surface area contributed by atoms with Crippen molar-refractivity contribution >= 4 is 18.1 Å². The molecule has 2 heterocycles. The predicted octanol–water partition coefficient (Wildman–Crippen LogP) is 1.50. The van der Waals surface area contributed by atoms with E-state index in [1.807, 2.05) is 0 Å². The lowest BCUT2D eigenvalue weighted by Gasteiger charge is -2.06. The number of anilines is 1. The van der Waals surface area contributed by atoms with E-state index in [2.05, 4.69) is 15.5 Å². The van der Waals surface area contributed by atoms with Crippen molar-refractivity contribution in [3.63, 3.8) is 0 Å². The molecule has 0 aliphatic heterocycles. The maximum atomic E-state index is 12.5. The summed E-state index contributed by atoms with van der Waals surface area (Å²) in [5.74, 6) is 0. The molecule has 2 N–H and O–H groups in total. The van der Waals surface area contributed by atoms with Crippen molar-refractivity contribution in [2.24, 2.45) is 0 Å². The van der Waals surface area contributed by atoms with Gasteiger partial charge in [-0.05, 0) is 6.07 Å². The first-order valence-electron chi connectivity index (χ1n) is 5.38. The number of aliphatic hydroxyl groups excluding tert-OH is 1. The molecule has 2 aromatic heterocycles. The second kappa shape index (κ2) is 7.05. The first kappa shape index (κ1) is 15.4. The third-order valence-electron chi connectivity index (χ3n) is 2.37. The molecule has 0 aromatic carbocycles. The lowest BCUT2D eigenvalue weighted by molar-refractivity contribution is 0.0537. The van der Waals surface area contributed by atoms with Gasteiger partial charge in [0.25, 0.3) is 0 Å². The quantitative estimate of drug-likeness (QED) is 0.847. The molecule has 0 unspecified atom stereocenters. The maximum absolute atomic E-state index is 12.5. The summed E-state index contributed by atoms with van der Waals surface area (Å²) in [6.07, 6.45) is 4.59. The Morgan fingerprint density at radius 1 is 1.37 bits per heavy atom. The SMILES string of the molecule is Cl.OCCn1cc(NCc2ccnn2C(F)F)cn1. The number of hydrogen-bond donors (Lipinski definition) is 2. The highest BCUT2D eigenvalue weighted by molar-refractivity contribution is 5.85. The first-order valence-corrected chi connectivity index (χ1v) is 5.38. The summed E-state index contributed by atoms with van der Waals surface area (Å²) in [5, 5.41) is 19.2. The van der Waals surface area contributed by atoms with Gasteiger partial charge >= 0.3 is 6.55 Å². The first-order chi connectivity index (χ1) is 8.70. The van der Waals surface area contributed by atoms with Crippen LogP contribution in [0.4, 0.5) is 14.5 Å². The van der Waals surface area contributed by atoms with Crippen LogP contribution in [0.3, 0.4) is 0 Å². The lowest BCUT2D eigenvalue weighted by atomic mass is 10.4. The van der Waals surface area contributed by atoms with Crippen LogP contribution in [0.15, 0.2) is 24.7 Å². The minimum atomic E-state index is -2.64. The largest absolute Gasteiger partial charge is 0.394 e. The molecular weight excluding hydrogens is 280 g/mol. The Bertz CT molecular complexity index is 502. The minimum absolute atomic E-state index is 0. The third-order valence-corrected chi connectivity index (χ3v) is 2.37. The molecule has 0 saturated carbocycles. The van der Waals surface area contributed by atoms with E-state index in [1.165, 1.54) is 12.3 Å². The standard InChI is InChI=1S/C10H13F2N5O.ClH/c11-10(12)17-9(1-2-14-17)6-13-8-5-15-16(7-8)3-4-18;/h1-2,5,7,10,13,18H,3-4,6H2;1H. The third kappa shape index (κ3) is 3.90. The van der Waals surface area contributed by atoms with Gasteiger partial charge in [-0.3, -0.25) is 4.68 Å². The Morgan fingerprint density at radius 2 is 2.16 bits per heavy atom. The van der Waals surface area contributed by atoms with E-state index in [0.717, 1.165) is 0 Å². The molecule has 0 aliphatic carbocycles. The topological polar surface area (TPSA) is 67.9 Å². The van der Waals surface area contributed by atoms with E-state index >= 15 is 0 Å². The van der Waals surface area contributed by atoms with Crippen molar-refractivity contribution < 1.29 is 13.9 Å². The van der Waals surface area contributed by atoms with Crippen LogP contribution in [0.1, 0.15) is 12.2 Å². The van der Waals surface area contributed by atoms with Crippen molar-refractivity contribution in [2.75, 3.05) is 11.9 Å². The van der Waals surface area contributed by atoms with Gasteiger partial charge in [0.05, 0.1) is 37.3 Å². The van der Waals surface area contributed by atoms with Crippen LogP contribution in [-0.4, -0.2) is 31.3 Å². The highest BCUT2D eigenvalue weighted by atomic mass is 35.5. The zero-order valence-corrected chi connectivity index (χ0v) is 10.7.